The van der Waals surface area contributed by atoms with Gasteiger partial charge in [0.1, 0.15) is 11.9 Å². The van der Waals surface area contributed by atoms with Gasteiger partial charge in [0.15, 0.2) is 0 Å². The van der Waals surface area contributed by atoms with Crippen molar-refractivity contribution < 1.29 is 9.84 Å². The lowest BCUT2D eigenvalue weighted by atomic mass is 10.0. The van der Waals surface area contributed by atoms with Gasteiger partial charge in [0, 0.05) is 15.1 Å². The lowest BCUT2D eigenvalue weighted by molar-refractivity contribution is 0.214. The Balaban J connectivity index is 2.39. The summed E-state index contributed by atoms with van der Waals surface area (Å²) >= 11 is 9.20. The highest BCUT2D eigenvalue weighted by Gasteiger charge is 2.15. The number of ether oxygens (including phenoxy) is 1. The molecule has 0 aliphatic rings. The molecule has 94 valence electrons. The zero-order chi connectivity index (χ0) is 13.1. The van der Waals surface area contributed by atoms with Crippen LogP contribution in [0.4, 0.5) is 0 Å². The molecule has 18 heavy (non-hydrogen) atoms. The van der Waals surface area contributed by atoms with Crippen LogP contribution in [0.1, 0.15) is 17.2 Å². The van der Waals surface area contributed by atoms with E-state index in [0.717, 1.165) is 15.6 Å². The van der Waals surface area contributed by atoms with Gasteiger partial charge in [0.2, 0.25) is 0 Å². The summed E-state index contributed by atoms with van der Waals surface area (Å²) in [5.41, 5.74) is 1.50. The van der Waals surface area contributed by atoms with E-state index in [1.807, 2.05) is 18.2 Å². The standard InChI is InChI=1S/C14H12BrClO2/c1-18-13-8-10(15)4-7-12(13)14(17)9-2-5-11(16)6-3-9/h2-8,14,17H,1H3. The molecule has 0 saturated carbocycles. The number of halogens is 2. The molecule has 1 unspecified atom stereocenters. The Morgan fingerprint density at radius 1 is 1.17 bits per heavy atom. The first-order valence-corrected chi connectivity index (χ1v) is 6.56. The van der Waals surface area contributed by atoms with Crippen LogP contribution in [0.5, 0.6) is 5.75 Å². The van der Waals surface area contributed by atoms with Gasteiger partial charge >= 0.3 is 0 Å². The summed E-state index contributed by atoms with van der Waals surface area (Å²) < 4.78 is 6.19. The first-order valence-electron chi connectivity index (χ1n) is 5.39. The van der Waals surface area contributed by atoms with Gasteiger partial charge in [-0.25, -0.2) is 0 Å². The summed E-state index contributed by atoms with van der Waals surface area (Å²) in [5.74, 6) is 0.645. The molecule has 0 aromatic heterocycles. The number of hydrogen-bond acceptors (Lipinski definition) is 2. The highest BCUT2D eigenvalue weighted by atomic mass is 79.9. The smallest absolute Gasteiger partial charge is 0.126 e. The van der Waals surface area contributed by atoms with Crippen LogP contribution in [0.15, 0.2) is 46.9 Å². The molecule has 1 N–H and O–H groups in total. The number of methoxy groups -OCH3 is 1. The fourth-order valence-corrected chi connectivity index (χ4v) is 2.20. The molecule has 0 heterocycles. The second-order valence-electron chi connectivity index (χ2n) is 3.84. The van der Waals surface area contributed by atoms with Crippen LogP contribution in [-0.4, -0.2) is 12.2 Å². The van der Waals surface area contributed by atoms with E-state index in [0.29, 0.717) is 10.8 Å². The van der Waals surface area contributed by atoms with E-state index in [1.165, 1.54) is 0 Å². The number of rotatable bonds is 3. The van der Waals surface area contributed by atoms with E-state index >= 15 is 0 Å². The quantitative estimate of drug-likeness (QED) is 0.916. The average molecular weight is 328 g/mol. The number of benzene rings is 2. The number of aliphatic hydroxyl groups is 1. The van der Waals surface area contributed by atoms with E-state index in [4.69, 9.17) is 16.3 Å². The largest absolute Gasteiger partial charge is 0.496 e. The van der Waals surface area contributed by atoms with Crippen LogP contribution in [0.2, 0.25) is 5.02 Å². The van der Waals surface area contributed by atoms with Gasteiger partial charge in [-0.3, -0.25) is 0 Å². The van der Waals surface area contributed by atoms with Crippen molar-refractivity contribution in [2.24, 2.45) is 0 Å². The maximum absolute atomic E-state index is 10.3. The maximum atomic E-state index is 10.3. The molecular weight excluding hydrogens is 316 g/mol. The Kier molecular flexibility index (Phi) is 4.27. The molecule has 0 bridgehead atoms. The Hall–Kier alpha value is -1.03. The molecule has 0 aliphatic carbocycles. The van der Waals surface area contributed by atoms with E-state index in [2.05, 4.69) is 15.9 Å². The second kappa shape index (κ2) is 5.74. The molecule has 0 radical (unpaired) electrons. The lowest BCUT2D eigenvalue weighted by Crippen LogP contribution is -2.02. The minimum Gasteiger partial charge on any atom is -0.496 e. The zero-order valence-electron chi connectivity index (χ0n) is 9.73. The summed E-state index contributed by atoms with van der Waals surface area (Å²) in [6.45, 7) is 0. The third kappa shape index (κ3) is 2.86. The average Bonchev–Trinajstić information content (AvgIpc) is 2.38. The predicted octanol–water partition coefficient (Wildman–Crippen LogP) is 4.19. The molecule has 0 aliphatic heterocycles. The molecule has 0 saturated heterocycles. The SMILES string of the molecule is COc1cc(Br)ccc1C(O)c1ccc(Cl)cc1. The zero-order valence-corrected chi connectivity index (χ0v) is 12.1. The molecule has 2 aromatic carbocycles. The Bertz CT molecular complexity index is 540. The molecule has 0 spiro atoms. The van der Waals surface area contributed by atoms with Gasteiger partial charge in [0.25, 0.3) is 0 Å². The topological polar surface area (TPSA) is 29.5 Å². The van der Waals surface area contributed by atoms with Crippen molar-refractivity contribution >= 4 is 27.5 Å². The monoisotopic (exact) mass is 326 g/mol. The van der Waals surface area contributed by atoms with Gasteiger partial charge in [-0.15, -0.1) is 0 Å². The number of hydrogen-bond donors (Lipinski definition) is 1. The first kappa shape index (κ1) is 13.4. The third-order valence-corrected chi connectivity index (χ3v) is 3.42. The fourth-order valence-electron chi connectivity index (χ4n) is 1.74. The van der Waals surface area contributed by atoms with Crippen LogP contribution >= 0.6 is 27.5 Å². The third-order valence-electron chi connectivity index (χ3n) is 2.68. The highest BCUT2D eigenvalue weighted by molar-refractivity contribution is 9.10. The minimum absolute atomic E-state index is 0.645. The van der Waals surface area contributed by atoms with Gasteiger partial charge in [-0.2, -0.15) is 0 Å². The van der Waals surface area contributed by atoms with Crippen LogP contribution in [0.3, 0.4) is 0 Å². The van der Waals surface area contributed by atoms with Crippen molar-refractivity contribution in [2.45, 2.75) is 6.10 Å². The van der Waals surface area contributed by atoms with Gasteiger partial charge < -0.3 is 9.84 Å². The molecular formula is C14H12BrClO2. The van der Waals surface area contributed by atoms with Crippen molar-refractivity contribution in [3.8, 4) is 5.75 Å². The van der Waals surface area contributed by atoms with Crippen LogP contribution in [0.25, 0.3) is 0 Å². The number of aliphatic hydroxyl groups excluding tert-OH is 1. The molecule has 2 rings (SSSR count). The second-order valence-corrected chi connectivity index (χ2v) is 5.19. The summed E-state index contributed by atoms with van der Waals surface area (Å²) in [6.07, 6.45) is -0.731. The van der Waals surface area contributed by atoms with Crippen molar-refractivity contribution in [3.05, 3.63) is 63.1 Å². The molecule has 2 aromatic rings. The van der Waals surface area contributed by atoms with E-state index in [1.54, 1.807) is 31.4 Å². The minimum atomic E-state index is -0.731. The van der Waals surface area contributed by atoms with Crippen molar-refractivity contribution in [3.63, 3.8) is 0 Å². The van der Waals surface area contributed by atoms with E-state index in [9.17, 15) is 5.11 Å². The van der Waals surface area contributed by atoms with Crippen molar-refractivity contribution in [1.82, 2.24) is 0 Å². The summed E-state index contributed by atoms with van der Waals surface area (Å²) in [7, 11) is 1.58. The van der Waals surface area contributed by atoms with Crippen LogP contribution in [-0.2, 0) is 0 Å². The summed E-state index contributed by atoms with van der Waals surface area (Å²) in [6, 6.07) is 12.6. The van der Waals surface area contributed by atoms with Crippen LogP contribution in [0, 0.1) is 0 Å². The van der Waals surface area contributed by atoms with E-state index < -0.39 is 6.10 Å². The Morgan fingerprint density at radius 2 is 1.83 bits per heavy atom. The van der Waals surface area contributed by atoms with Crippen LogP contribution < -0.4 is 4.74 Å². The maximum Gasteiger partial charge on any atom is 0.126 e. The van der Waals surface area contributed by atoms with Gasteiger partial charge in [-0.1, -0.05) is 45.7 Å². The molecule has 2 nitrogen and oxygen atoms in total. The first-order chi connectivity index (χ1) is 8.61. The summed E-state index contributed by atoms with van der Waals surface area (Å²) in [4.78, 5) is 0. The Morgan fingerprint density at radius 3 is 2.44 bits per heavy atom. The lowest BCUT2D eigenvalue weighted by Gasteiger charge is -2.15. The summed E-state index contributed by atoms with van der Waals surface area (Å²) in [5, 5.41) is 11.0. The molecule has 0 amide bonds. The fraction of sp³-hybridized carbons (Fsp3) is 0.143. The molecule has 0 fully saturated rings. The Labute approximate surface area is 119 Å². The molecule has 4 heteroatoms. The van der Waals surface area contributed by atoms with Crippen molar-refractivity contribution in [2.75, 3.05) is 7.11 Å². The predicted molar refractivity (Wildman–Crippen MR) is 76.2 cm³/mol. The van der Waals surface area contributed by atoms with E-state index in [-0.39, 0.29) is 0 Å². The molecule has 1 atom stereocenters. The highest BCUT2D eigenvalue weighted by Crippen LogP contribution is 2.32. The van der Waals surface area contributed by atoms with Gasteiger partial charge in [-0.05, 0) is 29.8 Å². The van der Waals surface area contributed by atoms with Crippen molar-refractivity contribution in [1.29, 1.82) is 0 Å². The van der Waals surface area contributed by atoms with Gasteiger partial charge in [0.05, 0.1) is 7.11 Å². The normalized spacial score (nSPS) is 12.2.